The Kier molecular flexibility index (Phi) is 7.04. The first-order chi connectivity index (χ1) is 9.24. The fourth-order valence-corrected chi connectivity index (χ4v) is 1.86. The molecule has 19 heavy (non-hydrogen) atoms. The molecule has 0 bridgehead atoms. The van der Waals surface area contributed by atoms with Crippen LogP contribution < -0.4 is 14.8 Å². The number of methoxy groups -OCH3 is 2. The minimum Gasteiger partial charge on any atom is -0.497 e. The first-order valence-electron chi connectivity index (χ1n) is 6.87. The Labute approximate surface area is 116 Å². The molecule has 0 aliphatic carbocycles. The van der Waals surface area contributed by atoms with Crippen LogP contribution in [0.15, 0.2) is 23.8 Å². The molecule has 1 rings (SSSR count). The molecule has 0 saturated heterocycles. The second-order valence-corrected chi connectivity index (χ2v) is 4.44. The summed E-state index contributed by atoms with van der Waals surface area (Å²) in [5.74, 6) is 1.66. The summed E-state index contributed by atoms with van der Waals surface area (Å²) in [6.45, 7) is 6.33. The largest absolute Gasteiger partial charge is 0.497 e. The Morgan fingerprint density at radius 3 is 2.58 bits per heavy atom. The van der Waals surface area contributed by atoms with Crippen LogP contribution in [-0.2, 0) is 0 Å². The molecule has 0 atom stereocenters. The van der Waals surface area contributed by atoms with E-state index in [1.807, 2.05) is 18.2 Å². The predicted octanol–water partition coefficient (Wildman–Crippen LogP) is 3.50. The minimum absolute atomic E-state index is 0.816. The van der Waals surface area contributed by atoms with Gasteiger partial charge in [0.1, 0.15) is 11.5 Å². The predicted molar refractivity (Wildman–Crippen MR) is 81.0 cm³/mol. The van der Waals surface area contributed by atoms with Crippen molar-refractivity contribution in [1.82, 2.24) is 5.32 Å². The van der Waals surface area contributed by atoms with Crippen molar-refractivity contribution >= 4 is 6.08 Å². The molecule has 0 unspecified atom stereocenters. The maximum absolute atomic E-state index is 5.41. The van der Waals surface area contributed by atoms with Crippen molar-refractivity contribution in [2.75, 3.05) is 27.3 Å². The zero-order valence-electron chi connectivity index (χ0n) is 12.5. The highest BCUT2D eigenvalue weighted by Gasteiger charge is 2.04. The van der Waals surface area contributed by atoms with E-state index in [2.05, 4.69) is 25.2 Å². The summed E-state index contributed by atoms with van der Waals surface area (Å²) in [6.07, 6.45) is 4.38. The summed E-state index contributed by atoms with van der Waals surface area (Å²) in [5.41, 5.74) is 2.47. The fourth-order valence-electron chi connectivity index (χ4n) is 1.86. The number of benzene rings is 1. The van der Waals surface area contributed by atoms with Gasteiger partial charge in [0.05, 0.1) is 14.2 Å². The summed E-state index contributed by atoms with van der Waals surface area (Å²) < 4.78 is 10.6. The van der Waals surface area contributed by atoms with Gasteiger partial charge in [0.15, 0.2) is 0 Å². The zero-order valence-corrected chi connectivity index (χ0v) is 12.5. The molecule has 0 saturated carbocycles. The van der Waals surface area contributed by atoms with Crippen LogP contribution in [0.25, 0.3) is 6.08 Å². The summed E-state index contributed by atoms with van der Waals surface area (Å²) >= 11 is 0. The SMILES string of the molecule is CCCNCC(=Cc1ccc(OC)cc1OC)CC. The zero-order chi connectivity index (χ0) is 14.1. The molecule has 0 amide bonds. The number of hydrogen-bond acceptors (Lipinski definition) is 3. The summed E-state index contributed by atoms with van der Waals surface area (Å²) in [5, 5.41) is 3.43. The second kappa shape index (κ2) is 8.59. The van der Waals surface area contributed by atoms with E-state index >= 15 is 0 Å². The quantitative estimate of drug-likeness (QED) is 0.728. The monoisotopic (exact) mass is 263 g/mol. The lowest BCUT2D eigenvalue weighted by atomic mass is 10.1. The van der Waals surface area contributed by atoms with Crippen LogP contribution in [0.1, 0.15) is 32.3 Å². The van der Waals surface area contributed by atoms with Gasteiger partial charge in [-0.2, -0.15) is 0 Å². The Bertz CT molecular complexity index is 413. The third kappa shape index (κ3) is 4.95. The molecule has 3 heteroatoms. The Morgan fingerprint density at radius 2 is 2.00 bits per heavy atom. The average molecular weight is 263 g/mol. The Hall–Kier alpha value is -1.48. The lowest BCUT2D eigenvalue weighted by Crippen LogP contribution is -2.17. The highest BCUT2D eigenvalue weighted by atomic mass is 16.5. The van der Waals surface area contributed by atoms with Crippen LogP contribution in [0, 0.1) is 0 Å². The molecule has 0 radical (unpaired) electrons. The highest BCUT2D eigenvalue weighted by Crippen LogP contribution is 2.26. The molecule has 0 spiro atoms. The van der Waals surface area contributed by atoms with Crippen molar-refractivity contribution in [2.45, 2.75) is 26.7 Å². The van der Waals surface area contributed by atoms with E-state index in [9.17, 15) is 0 Å². The number of ether oxygens (including phenoxy) is 2. The van der Waals surface area contributed by atoms with E-state index in [1.165, 1.54) is 5.57 Å². The van der Waals surface area contributed by atoms with Crippen molar-refractivity contribution in [3.05, 3.63) is 29.3 Å². The molecule has 0 fully saturated rings. The van der Waals surface area contributed by atoms with Gasteiger partial charge in [0.25, 0.3) is 0 Å². The van der Waals surface area contributed by atoms with E-state index in [1.54, 1.807) is 14.2 Å². The topological polar surface area (TPSA) is 30.5 Å². The summed E-state index contributed by atoms with van der Waals surface area (Å²) in [4.78, 5) is 0. The van der Waals surface area contributed by atoms with Gasteiger partial charge in [0.2, 0.25) is 0 Å². The Morgan fingerprint density at radius 1 is 1.21 bits per heavy atom. The number of rotatable bonds is 8. The van der Waals surface area contributed by atoms with E-state index < -0.39 is 0 Å². The van der Waals surface area contributed by atoms with Gasteiger partial charge in [-0.15, -0.1) is 0 Å². The molecule has 1 N–H and O–H groups in total. The van der Waals surface area contributed by atoms with Crippen LogP contribution in [0.5, 0.6) is 11.5 Å². The normalized spacial score (nSPS) is 11.5. The van der Waals surface area contributed by atoms with Crippen LogP contribution in [-0.4, -0.2) is 27.3 Å². The van der Waals surface area contributed by atoms with E-state index in [4.69, 9.17) is 9.47 Å². The maximum atomic E-state index is 5.41. The first kappa shape index (κ1) is 15.6. The molecular weight excluding hydrogens is 238 g/mol. The molecular formula is C16H25NO2. The molecule has 0 aliphatic heterocycles. The second-order valence-electron chi connectivity index (χ2n) is 4.44. The van der Waals surface area contributed by atoms with Gasteiger partial charge in [-0.1, -0.05) is 25.5 Å². The van der Waals surface area contributed by atoms with Gasteiger partial charge < -0.3 is 14.8 Å². The number of nitrogens with one attached hydrogen (secondary N) is 1. The molecule has 1 aromatic carbocycles. The van der Waals surface area contributed by atoms with Crippen LogP contribution >= 0.6 is 0 Å². The average Bonchev–Trinajstić information content (AvgIpc) is 2.46. The number of hydrogen-bond donors (Lipinski definition) is 1. The van der Waals surface area contributed by atoms with Crippen LogP contribution in [0.2, 0.25) is 0 Å². The van der Waals surface area contributed by atoms with Crippen molar-refractivity contribution in [2.24, 2.45) is 0 Å². The van der Waals surface area contributed by atoms with Crippen molar-refractivity contribution in [3.63, 3.8) is 0 Å². The molecule has 1 aromatic rings. The maximum Gasteiger partial charge on any atom is 0.129 e. The molecule has 3 nitrogen and oxygen atoms in total. The highest BCUT2D eigenvalue weighted by molar-refractivity contribution is 5.61. The Balaban J connectivity index is 2.87. The van der Waals surface area contributed by atoms with Crippen LogP contribution in [0.4, 0.5) is 0 Å². The van der Waals surface area contributed by atoms with Crippen LogP contribution in [0.3, 0.4) is 0 Å². The molecule has 106 valence electrons. The third-order valence-corrected chi connectivity index (χ3v) is 3.03. The van der Waals surface area contributed by atoms with Crippen molar-refractivity contribution < 1.29 is 9.47 Å². The summed E-state index contributed by atoms with van der Waals surface area (Å²) in [6, 6.07) is 5.91. The van der Waals surface area contributed by atoms with Crippen molar-refractivity contribution in [1.29, 1.82) is 0 Å². The van der Waals surface area contributed by atoms with Gasteiger partial charge in [-0.3, -0.25) is 0 Å². The molecule has 0 aliphatic rings. The standard InChI is InChI=1S/C16H25NO2/c1-5-9-17-12-13(6-2)10-14-7-8-15(18-3)11-16(14)19-4/h7-8,10-11,17H,5-6,9,12H2,1-4H3. The van der Waals surface area contributed by atoms with E-state index in [0.29, 0.717) is 0 Å². The smallest absolute Gasteiger partial charge is 0.129 e. The van der Waals surface area contributed by atoms with Gasteiger partial charge in [0, 0.05) is 18.2 Å². The van der Waals surface area contributed by atoms with E-state index in [-0.39, 0.29) is 0 Å². The lowest BCUT2D eigenvalue weighted by Gasteiger charge is -2.10. The molecule has 0 aromatic heterocycles. The van der Waals surface area contributed by atoms with Crippen molar-refractivity contribution in [3.8, 4) is 11.5 Å². The summed E-state index contributed by atoms with van der Waals surface area (Å²) in [7, 11) is 3.35. The third-order valence-electron chi connectivity index (χ3n) is 3.03. The molecule has 0 heterocycles. The van der Waals surface area contributed by atoms with Gasteiger partial charge in [-0.25, -0.2) is 0 Å². The van der Waals surface area contributed by atoms with Gasteiger partial charge in [-0.05, 0) is 31.5 Å². The van der Waals surface area contributed by atoms with Gasteiger partial charge >= 0.3 is 0 Å². The first-order valence-corrected chi connectivity index (χ1v) is 6.87. The minimum atomic E-state index is 0.816. The van der Waals surface area contributed by atoms with E-state index in [0.717, 1.165) is 43.0 Å². The fraction of sp³-hybridized carbons (Fsp3) is 0.500. The lowest BCUT2D eigenvalue weighted by molar-refractivity contribution is 0.393.